The van der Waals surface area contributed by atoms with Crippen molar-refractivity contribution in [3.05, 3.63) is 90.3 Å². The van der Waals surface area contributed by atoms with Crippen molar-refractivity contribution in [3.8, 4) is 11.3 Å². The van der Waals surface area contributed by atoms with Crippen molar-refractivity contribution < 1.29 is 18.7 Å². The lowest BCUT2D eigenvalue weighted by Crippen LogP contribution is -2.14. The van der Waals surface area contributed by atoms with Gasteiger partial charge in [-0.3, -0.25) is 4.79 Å². The van der Waals surface area contributed by atoms with E-state index in [2.05, 4.69) is 15.5 Å². The van der Waals surface area contributed by atoms with Gasteiger partial charge in [-0.1, -0.05) is 48.2 Å². The van der Waals surface area contributed by atoms with Gasteiger partial charge in [0.1, 0.15) is 16.5 Å². The molecule has 0 aliphatic rings. The first-order valence-electron chi connectivity index (χ1n) is 10.9. The number of halogens is 1. The Morgan fingerprint density at radius 1 is 0.971 bits per heavy atom. The second-order valence-electron chi connectivity index (χ2n) is 7.45. The van der Waals surface area contributed by atoms with Crippen LogP contribution in [0.15, 0.2) is 83.9 Å². The van der Waals surface area contributed by atoms with Gasteiger partial charge in [0.15, 0.2) is 0 Å². The maximum Gasteiger partial charge on any atom is 0.330 e. The first kappa shape index (κ1) is 24.1. The highest BCUT2D eigenvalue weighted by molar-refractivity contribution is 8.00. The number of rotatable bonds is 8. The highest BCUT2D eigenvalue weighted by Crippen LogP contribution is 2.31. The minimum Gasteiger partial charge on any atom is -0.463 e. The predicted molar refractivity (Wildman–Crippen MR) is 136 cm³/mol. The van der Waals surface area contributed by atoms with E-state index in [1.165, 1.54) is 30.0 Å². The van der Waals surface area contributed by atoms with Crippen LogP contribution >= 0.6 is 11.8 Å². The molecule has 4 rings (SSSR count). The normalized spacial score (nSPS) is 11.0. The molecule has 0 spiro atoms. The van der Waals surface area contributed by atoms with Crippen LogP contribution in [0.2, 0.25) is 0 Å². The summed E-state index contributed by atoms with van der Waals surface area (Å²) in [6, 6.07) is 20.9. The number of amides is 1. The molecule has 0 atom stereocenters. The smallest absolute Gasteiger partial charge is 0.330 e. The maximum atomic E-state index is 13.3. The molecule has 0 aliphatic heterocycles. The molecule has 35 heavy (non-hydrogen) atoms. The van der Waals surface area contributed by atoms with Gasteiger partial charge in [0, 0.05) is 28.1 Å². The Kier molecular flexibility index (Phi) is 7.84. The first-order valence-corrected chi connectivity index (χ1v) is 11.9. The summed E-state index contributed by atoms with van der Waals surface area (Å²) in [7, 11) is 0. The molecule has 0 saturated heterocycles. The highest BCUT2D eigenvalue weighted by Gasteiger charge is 2.13. The van der Waals surface area contributed by atoms with E-state index in [1.807, 2.05) is 24.3 Å². The van der Waals surface area contributed by atoms with Crippen LogP contribution in [0.4, 0.5) is 10.1 Å². The van der Waals surface area contributed by atoms with Crippen LogP contribution in [0.5, 0.6) is 0 Å². The van der Waals surface area contributed by atoms with Crippen molar-refractivity contribution in [1.82, 2.24) is 10.2 Å². The van der Waals surface area contributed by atoms with Crippen LogP contribution in [0.1, 0.15) is 12.5 Å². The van der Waals surface area contributed by atoms with Gasteiger partial charge >= 0.3 is 5.97 Å². The molecule has 0 bridgehead atoms. The molecule has 8 heteroatoms. The van der Waals surface area contributed by atoms with Crippen molar-refractivity contribution in [3.63, 3.8) is 0 Å². The van der Waals surface area contributed by atoms with Crippen LogP contribution in [-0.2, 0) is 14.3 Å². The SMILES string of the molecule is CCOC(=O)/C=C/c1ccc(NC(=O)CSc2nnc(-c3ccc(F)cc3)c3ccccc23)cc1. The van der Waals surface area contributed by atoms with Crippen LogP contribution in [0.3, 0.4) is 0 Å². The fourth-order valence-corrected chi connectivity index (χ4v) is 4.14. The molecule has 0 fully saturated rings. The fraction of sp³-hybridized carbons (Fsp3) is 0.111. The van der Waals surface area contributed by atoms with Gasteiger partial charge < -0.3 is 10.1 Å². The van der Waals surface area contributed by atoms with Crippen molar-refractivity contribution in [2.45, 2.75) is 11.9 Å². The molecule has 176 valence electrons. The van der Waals surface area contributed by atoms with Crippen LogP contribution in [0, 0.1) is 5.82 Å². The zero-order chi connectivity index (χ0) is 24.6. The minimum atomic E-state index is -0.400. The molecular formula is C27H22FN3O3S. The average molecular weight is 488 g/mol. The molecule has 1 aromatic heterocycles. The van der Waals surface area contributed by atoms with Crippen molar-refractivity contribution in [1.29, 1.82) is 0 Å². The van der Waals surface area contributed by atoms with E-state index in [9.17, 15) is 14.0 Å². The number of hydrogen-bond acceptors (Lipinski definition) is 6. The monoisotopic (exact) mass is 487 g/mol. The van der Waals surface area contributed by atoms with Gasteiger partial charge in [0.25, 0.3) is 0 Å². The lowest BCUT2D eigenvalue weighted by molar-refractivity contribution is -0.137. The molecule has 1 N–H and O–H groups in total. The summed E-state index contributed by atoms with van der Waals surface area (Å²) >= 11 is 1.29. The molecule has 0 saturated carbocycles. The Morgan fingerprint density at radius 3 is 2.40 bits per heavy atom. The summed E-state index contributed by atoms with van der Waals surface area (Å²) in [6.07, 6.45) is 3.01. The predicted octanol–water partition coefficient (Wildman–Crippen LogP) is 5.74. The Morgan fingerprint density at radius 2 is 1.69 bits per heavy atom. The highest BCUT2D eigenvalue weighted by atomic mass is 32.2. The molecule has 6 nitrogen and oxygen atoms in total. The summed E-state index contributed by atoms with van der Waals surface area (Å²) in [4.78, 5) is 23.9. The molecule has 4 aromatic rings. The number of nitrogens with zero attached hydrogens (tertiary/aromatic N) is 2. The first-order chi connectivity index (χ1) is 17.0. The van der Waals surface area contributed by atoms with Crippen molar-refractivity contribution >= 4 is 46.2 Å². The van der Waals surface area contributed by atoms with E-state index in [0.29, 0.717) is 23.0 Å². The van der Waals surface area contributed by atoms with E-state index in [4.69, 9.17) is 4.74 Å². The third kappa shape index (κ3) is 6.30. The Balaban J connectivity index is 1.41. The van der Waals surface area contributed by atoms with Gasteiger partial charge in [-0.15, -0.1) is 10.2 Å². The fourth-order valence-electron chi connectivity index (χ4n) is 3.37. The van der Waals surface area contributed by atoms with Crippen LogP contribution < -0.4 is 5.32 Å². The van der Waals surface area contributed by atoms with E-state index in [-0.39, 0.29) is 17.5 Å². The van der Waals surface area contributed by atoms with Crippen LogP contribution in [0.25, 0.3) is 28.1 Å². The maximum absolute atomic E-state index is 13.3. The summed E-state index contributed by atoms with van der Waals surface area (Å²) in [6.45, 7) is 2.07. The number of ether oxygens (including phenoxy) is 1. The topological polar surface area (TPSA) is 81.2 Å². The second kappa shape index (κ2) is 11.4. The van der Waals surface area contributed by atoms with E-state index >= 15 is 0 Å². The number of thioether (sulfide) groups is 1. The number of nitrogens with one attached hydrogen (secondary N) is 1. The van der Waals surface area contributed by atoms with Gasteiger partial charge in [-0.05, 0) is 55.0 Å². The number of benzene rings is 3. The van der Waals surface area contributed by atoms with E-state index in [1.54, 1.807) is 49.4 Å². The lowest BCUT2D eigenvalue weighted by Gasteiger charge is -2.10. The van der Waals surface area contributed by atoms with Crippen LogP contribution in [-0.4, -0.2) is 34.4 Å². The summed E-state index contributed by atoms with van der Waals surface area (Å²) in [5.74, 6) is -0.743. The number of esters is 1. The largest absolute Gasteiger partial charge is 0.463 e. The summed E-state index contributed by atoms with van der Waals surface area (Å²) in [5.41, 5.74) is 2.89. The molecule has 1 amide bonds. The van der Waals surface area contributed by atoms with Crippen molar-refractivity contribution in [2.75, 3.05) is 17.7 Å². The third-order valence-corrected chi connectivity index (χ3v) is 5.99. The van der Waals surface area contributed by atoms with E-state index < -0.39 is 5.97 Å². The summed E-state index contributed by atoms with van der Waals surface area (Å²) in [5, 5.41) is 13.9. The number of anilines is 1. The zero-order valence-electron chi connectivity index (χ0n) is 18.9. The molecule has 0 radical (unpaired) electrons. The number of carbonyl (C=O) groups is 2. The Labute approximate surface area is 206 Å². The third-order valence-electron chi connectivity index (χ3n) is 5.00. The number of aromatic nitrogens is 2. The molecular weight excluding hydrogens is 465 g/mol. The average Bonchev–Trinajstić information content (AvgIpc) is 2.87. The number of carbonyl (C=O) groups excluding carboxylic acids is 2. The van der Waals surface area contributed by atoms with E-state index in [0.717, 1.165) is 21.9 Å². The number of hydrogen-bond donors (Lipinski definition) is 1. The molecule has 1 heterocycles. The quantitative estimate of drug-likeness (QED) is 0.194. The lowest BCUT2D eigenvalue weighted by atomic mass is 10.1. The number of fused-ring (bicyclic) bond motifs is 1. The van der Waals surface area contributed by atoms with Gasteiger partial charge in [0.05, 0.1) is 12.4 Å². The minimum absolute atomic E-state index is 0.152. The molecule has 0 unspecified atom stereocenters. The zero-order valence-corrected chi connectivity index (χ0v) is 19.7. The van der Waals surface area contributed by atoms with Gasteiger partial charge in [-0.2, -0.15) is 0 Å². The molecule has 0 aliphatic carbocycles. The van der Waals surface area contributed by atoms with Gasteiger partial charge in [-0.25, -0.2) is 9.18 Å². The Bertz CT molecular complexity index is 1370. The molecule has 3 aromatic carbocycles. The van der Waals surface area contributed by atoms with Crippen molar-refractivity contribution in [2.24, 2.45) is 0 Å². The second-order valence-corrected chi connectivity index (χ2v) is 8.41. The standard InChI is InChI=1S/C27H22FN3O3S/c1-2-34-25(33)16-9-18-7-14-21(15-8-18)29-24(32)17-35-27-23-6-4-3-5-22(23)26(30-31-27)19-10-12-20(28)13-11-19/h3-16H,2,17H2,1H3,(H,29,32)/b16-9+. The summed E-state index contributed by atoms with van der Waals surface area (Å²) < 4.78 is 18.2. The van der Waals surface area contributed by atoms with Gasteiger partial charge in [0.2, 0.25) is 5.91 Å². The Hall–Kier alpha value is -4.04.